The first kappa shape index (κ1) is 11.4. The first-order valence-electron chi connectivity index (χ1n) is 5.72. The lowest BCUT2D eigenvalue weighted by Gasteiger charge is -2.09. The molecule has 0 radical (unpaired) electrons. The third-order valence-corrected chi connectivity index (χ3v) is 3.84. The number of aryl methyl sites for hydroxylation is 1. The van der Waals surface area contributed by atoms with Crippen LogP contribution in [0.1, 0.15) is 21.1 Å². The van der Waals surface area contributed by atoms with Crippen molar-refractivity contribution in [1.82, 2.24) is 20.1 Å². The number of rotatable bonds is 2. The molecule has 2 aromatic heterocycles. The Morgan fingerprint density at radius 3 is 3.22 bits per heavy atom. The van der Waals surface area contributed by atoms with Gasteiger partial charge in [0.1, 0.15) is 0 Å². The summed E-state index contributed by atoms with van der Waals surface area (Å²) < 4.78 is 1.60. The van der Waals surface area contributed by atoms with Crippen molar-refractivity contribution in [2.24, 2.45) is 7.05 Å². The topological polar surface area (TPSA) is 71.8 Å². The summed E-state index contributed by atoms with van der Waals surface area (Å²) in [5.74, 6) is -0.213. The fourth-order valence-electron chi connectivity index (χ4n) is 1.88. The predicted octanol–water partition coefficient (Wildman–Crippen LogP) is 0.775. The summed E-state index contributed by atoms with van der Waals surface area (Å²) in [5, 5.41) is 10.8. The van der Waals surface area contributed by atoms with Crippen LogP contribution in [-0.4, -0.2) is 27.2 Å². The van der Waals surface area contributed by atoms with Gasteiger partial charge in [-0.3, -0.25) is 14.8 Å². The van der Waals surface area contributed by atoms with Crippen LogP contribution in [0.3, 0.4) is 0 Å². The first-order valence-corrected chi connectivity index (χ1v) is 6.54. The lowest BCUT2D eigenvalue weighted by atomic mass is 10.2. The molecule has 1 amide bonds. The zero-order chi connectivity index (χ0) is 12.5. The van der Waals surface area contributed by atoms with E-state index in [0.717, 1.165) is 25.2 Å². The number of nitrogens with one attached hydrogen (secondary N) is 2. The molecule has 0 fully saturated rings. The summed E-state index contributed by atoms with van der Waals surface area (Å²) in [5.41, 5.74) is 1.45. The van der Waals surface area contributed by atoms with Gasteiger partial charge in [-0.25, -0.2) is 4.98 Å². The standard InChI is InChI=1S/C11H13N5OS/c1-16-5-3-7(15-16)10(17)14-11-13-8-6-12-4-2-9(8)18-11/h3,5,12H,2,4,6H2,1H3,(H,13,14,17). The summed E-state index contributed by atoms with van der Waals surface area (Å²) in [7, 11) is 1.78. The maximum atomic E-state index is 11.9. The SMILES string of the molecule is Cn1ccc(C(=O)Nc2nc3c(s2)CCNC3)n1. The molecule has 0 saturated carbocycles. The van der Waals surface area contributed by atoms with Gasteiger partial charge in [0.25, 0.3) is 5.91 Å². The Balaban J connectivity index is 1.76. The van der Waals surface area contributed by atoms with Gasteiger partial charge in [-0.1, -0.05) is 0 Å². The molecule has 1 aliphatic heterocycles. The zero-order valence-electron chi connectivity index (χ0n) is 9.93. The second-order valence-electron chi connectivity index (χ2n) is 4.14. The highest BCUT2D eigenvalue weighted by atomic mass is 32.1. The van der Waals surface area contributed by atoms with Crippen molar-refractivity contribution >= 4 is 22.4 Å². The van der Waals surface area contributed by atoms with Crippen LogP contribution in [0.15, 0.2) is 12.3 Å². The summed E-state index contributed by atoms with van der Waals surface area (Å²) in [6.07, 6.45) is 2.72. The minimum Gasteiger partial charge on any atom is -0.311 e. The highest BCUT2D eigenvalue weighted by Crippen LogP contribution is 2.25. The smallest absolute Gasteiger partial charge is 0.277 e. The van der Waals surface area contributed by atoms with Gasteiger partial charge < -0.3 is 5.32 Å². The molecule has 0 spiro atoms. The van der Waals surface area contributed by atoms with Crippen molar-refractivity contribution in [3.8, 4) is 0 Å². The van der Waals surface area contributed by atoms with Crippen molar-refractivity contribution in [1.29, 1.82) is 0 Å². The van der Waals surface area contributed by atoms with Crippen molar-refractivity contribution in [3.05, 3.63) is 28.5 Å². The van der Waals surface area contributed by atoms with E-state index in [-0.39, 0.29) is 5.91 Å². The fraction of sp³-hybridized carbons (Fsp3) is 0.364. The van der Waals surface area contributed by atoms with Crippen LogP contribution < -0.4 is 10.6 Å². The molecular formula is C11H13N5OS. The van der Waals surface area contributed by atoms with E-state index in [2.05, 4.69) is 20.7 Å². The van der Waals surface area contributed by atoms with Gasteiger partial charge in [0.2, 0.25) is 0 Å². The molecule has 0 unspecified atom stereocenters. The molecule has 1 aliphatic rings. The molecule has 18 heavy (non-hydrogen) atoms. The Morgan fingerprint density at radius 2 is 2.50 bits per heavy atom. The van der Waals surface area contributed by atoms with Crippen LogP contribution in [0.5, 0.6) is 0 Å². The molecule has 0 bridgehead atoms. The lowest BCUT2D eigenvalue weighted by Crippen LogP contribution is -2.22. The Bertz CT molecular complexity index is 565. The summed E-state index contributed by atoms with van der Waals surface area (Å²) in [4.78, 5) is 17.6. The van der Waals surface area contributed by atoms with Crippen LogP contribution >= 0.6 is 11.3 Å². The quantitative estimate of drug-likeness (QED) is 0.839. The number of fused-ring (bicyclic) bond motifs is 1. The zero-order valence-corrected chi connectivity index (χ0v) is 10.8. The molecule has 7 heteroatoms. The van der Waals surface area contributed by atoms with Gasteiger partial charge in [0.05, 0.1) is 5.69 Å². The van der Waals surface area contributed by atoms with Crippen LogP contribution in [0, 0.1) is 0 Å². The molecule has 3 rings (SSSR count). The van der Waals surface area contributed by atoms with E-state index in [9.17, 15) is 4.79 Å². The van der Waals surface area contributed by atoms with E-state index >= 15 is 0 Å². The monoisotopic (exact) mass is 263 g/mol. The molecule has 0 aromatic carbocycles. The molecule has 0 atom stereocenters. The molecule has 3 heterocycles. The van der Waals surface area contributed by atoms with E-state index < -0.39 is 0 Å². The van der Waals surface area contributed by atoms with Crippen LogP contribution in [0.25, 0.3) is 0 Å². The summed E-state index contributed by atoms with van der Waals surface area (Å²) in [6, 6.07) is 1.68. The van der Waals surface area contributed by atoms with Gasteiger partial charge in [0.15, 0.2) is 10.8 Å². The third-order valence-electron chi connectivity index (χ3n) is 2.77. The minimum atomic E-state index is -0.213. The molecule has 0 saturated heterocycles. The highest BCUT2D eigenvalue weighted by molar-refractivity contribution is 7.15. The molecule has 6 nitrogen and oxygen atoms in total. The van der Waals surface area contributed by atoms with Gasteiger partial charge in [-0.05, 0) is 12.5 Å². The highest BCUT2D eigenvalue weighted by Gasteiger charge is 2.17. The van der Waals surface area contributed by atoms with Gasteiger partial charge >= 0.3 is 0 Å². The van der Waals surface area contributed by atoms with Gasteiger partial charge in [-0.2, -0.15) is 5.10 Å². The summed E-state index contributed by atoms with van der Waals surface area (Å²) in [6.45, 7) is 1.76. The van der Waals surface area contributed by atoms with E-state index in [0.29, 0.717) is 10.8 Å². The van der Waals surface area contributed by atoms with Crippen molar-refractivity contribution in [2.75, 3.05) is 11.9 Å². The number of thiazole rings is 1. The van der Waals surface area contributed by atoms with Crippen LogP contribution in [-0.2, 0) is 20.0 Å². The molecular weight excluding hydrogens is 250 g/mol. The molecule has 0 aliphatic carbocycles. The van der Waals surface area contributed by atoms with Gasteiger partial charge in [0, 0.05) is 31.2 Å². The number of amides is 1. The normalized spacial score (nSPS) is 14.3. The number of aromatic nitrogens is 3. The van der Waals surface area contributed by atoms with Crippen molar-refractivity contribution < 1.29 is 4.79 Å². The first-order chi connectivity index (χ1) is 8.72. The molecule has 94 valence electrons. The largest absolute Gasteiger partial charge is 0.311 e. The minimum absolute atomic E-state index is 0.213. The second kappa shape index (κ2) is 4.51. The number of carbonyl (C=O) groups is 1. The Labute approximate surface area is 108 Å². The molecule has 2 aromatic rings. The van der Waals surface area contributed by atoms with Crippen molar-refractivity contribution in [3.63, 3.8) is 0 Å². The van der Waals surface area contributed by atoms with Crippen LogP contribution in [0.2, 0.25) is 0 Å². The average Bonchev–Trinajstić information content (AvgIpc) is 2.94. The van der Waals surface area contributed by atoms with E-state index in [4.69, 9.17) is 0 Å². The van der Waals surface area contributed by atoms with Crippen LogP contribution in [0.4, 0.5) is 5.13 Å². The maximum absolute atomic E-state index is 11.9. The Kier molecular flexibility index (Phi) is 2.85. The average molecular weight is 263 g/mol. The Morgan fingerprint density at radius 1 is 1.61 bits per heavy atom. The van der Waals surface area contributed by atoms with E-state index in [1.165, 1.54) is 4.88 Å². The predicted molar refractivity (Wildman–Crippen MR) is 68.7 cm³/mol. The van der Waals surface area contributed by atoms with E-state index in [1.54, 1.807) is 35.3 Å². The number of carbonyl (C=O) groups excluding carboxylic acids is 1. The number of nitrogens with zero attached hydrogens (tertiary/aromatic N) is 3. The lowest BCUT2D eigenvalue weighted by molar-refractivity contribution is 0.102. The number of hydrogen-bond acceptors (Lipinski definition) is 5. The van der Waals surface area contributed by atoms with E-state index in [1.807, 2.05) is 0 Å². The van der Waals surface area contributed by atoms with Gasteiger partial charge in [-0.15, -0.1) is 11.3 Å². The fourth-order valence-corrected chi connectivity index (χ4v) is 2.85. The maximum Gasteiger partial charge on any atom is 0.277 e. The number of hydrogen-bond donors (Lipinski definition) is 2. The van der Waals surface area contributed by atoms with Crippen molar-refractivity contribution in [2.45, 2.75) is 13.0 Å². The number of anilines is 1. The third kappa shape index (κ3) is 2.14. The molecule has 2 N–H and O–H groups in total. The summed E-state index contributed by atoms with van der Waals surface area (Å²) >= 11 is 1.55. The Hall–Kier alpha value is -1.73. The second-order valence-corrected chi connectivity index (χ2v) is 5.23.